The Morgan fingerprint density at radius 2 is 1.95 bits per heavy atom. The maximum absolute atomic E-state index is 9.92. The van der Waals surface area contributed by atoms with Gasteiger partial charge in [-0.05, 0) is 36.3 Å². The van der Waals surface area contributed by atoms with Gasteiger partial charge < -0.3 is 15.5 Å². The smallest absolute Gasteiger partial charge is 0.161 e. The quantitative estimate of drug-likeness (QED) is 0.726. The summed E-state index contributed by atoms with van der Waals surface area (Å²) in [5.41, 5.74) is 0.745. The summed E-state index contributed by atoms with van der Waals surface area (Å²) in [6.45, 7) is 0.569. The molecule has 3 N–H and O–H groups in total. The predicted molar refractivity (Wildman–Crippen MR) is 85.6 cm³/mol. The lowest BCUT2D eigenvalue weighted by Gasteiger charge is -2.24. The molecular weight excluding hydrogens is 282 g/mol. The van der Waals surface area contributed by atoms with E-state index in [2.05, 4.69) is 22.8 Å². The maximum atomic E-state index is 9.92. The second-order valence-electron chi connectivity index (χ2n) is 5.70. The van der Waals surface area contributed by atoms with E-state index in [1.807, 2.05) is 6.07 Å². The highest BCUT2D eigenvalue weighted by Gasteiger charge is 2.26. The van der Waals surface area contributed by atoms with Crippen molar-refractivity contribution in [2.24, 2.45) is 5.92 Å². The molecule has 0 saturated heterocycles. The van der Waals surface area contributed by atoms with E-state index in [0.29, 0.717) is 18.5 Å². The lowest BCUT2D eigenvalue weighted by atomic mass is 9.96. The van der Waals surface area contributed by atoms with Gasteiger partial charge >= 0.3 is 0 Å². The number of hydrogen-bond donors (Lipinski definition) is 3. The first-order valence-electron chi connectivity index (χ1n) is 7.52. The van der Waals surface area contributed by atoms with Gasteiger partial charge in [-0.2, -0.15) is 0 Å². The van der Waals surface area contributed by atoms with Crippen LogP contribution < -0.4 is 5.32 Å². The number of benzene rings is 1. The zero-order valence-electron chi connectivity index (χ0n) is 12.0. The highest BCUT2D eigenvalue weighted by Crippen LogP contribution is 2.38. The zero-order chi connectivity index (χ0) is 14.7. The molecule has 1 atom stereocenters. The van der Waals surface area contributed by atoms with Crippen LogP contribution in [0.25, 0.3) is 0 Å². The van der Waals surface area contributed by atoms with E-state index >= 15 is 0 Å². The van der Waals surface area contributed by atoms with E-state index in [1.165, 1.54) is 36.6 Å². The molecule has 0 amide bonds. The molecule has 0 spiro atoms. The molecule has 0 radical (unpaired) electrons. The standard InChI is InChI=1S/C17H21NO2S/c19-14-8-3-7-13(17(14)20)11-18-16(12-5-1-2-6-12)15-9-4-10-21-15/h3-4,7-10,12,16,18-20H,1-2,5-6,11H2. The molecule has 3 nitrogen and oxygen atoms in total. The summed E-state index contributed by atoms with van der Waals surface area (Å²) < 4.78 is 0. The molecule has 2 aromatic rings. The molecule has 1 aromatic carbocycles. The Hall–Kier alpha value is -1.52. The third kappa shape index (κ3) is 3.22. The zero-order valence-corrected chi connectivity index (χ0v) is 12.8. The lowest BCUT2D eigenvalue weighted by molar-refractivity contribution is 0.362. The fourth-order valence-electron chi connectivity index (χ4n) is 3.20. The van der Waals surface area contributed by atoms with Gasteiger partial charge in [0.1, 0.15) is 0 Å². The van der Waals surface area contributed by atoms with Crippen LogP contribution >= 0.6 is 11.3 Å². The lowest BCUT2D eigenvalue weighted by Crippen LogP contribution is -2.26. The monoisotopic (exact) mass is 303 g/mol. The molecule has 1 aliphatic carbocycles. The number of aromatic hydroxyl groups is 2. The van der Waals surface area contributed by atoms with Crippen molar-refractivity contribution >= 4 is 11.3 Å². The van der Waals surface area contributed by atoms with Gasteiger partial charge in [0.15, 0.2) is 11.5 Å². The third-order valence-electron chi connectivity index (χ3n) is 4.33. The minimum atomic E-state index is -0.0529. The van der Waals surface area contributed by atoms with Gasteiger partial charge in [0.2, 0.25) is 0 Å². The van der Waals surface area contributed by atoms with Crippen LogP contribution in [0.4, 0.5) is 0 Å². The van der Waals surface area contributed by atoms with Crippen molar-refractivity contribution in [2.75, 3.05) is 0 Å². The molecule has 1 aromatic heterocycles. The van der Waals surface area contributed by atoms with Crippen molar-refractivity contribution in [2.45, 2.75) is 38.3 Å². The second kappa shape index (κ2) is 6.50. The molecule has 0 bridgehead atoms. The largest absolute Gasteiger partial charge is 0.504 e. The number of rotatable bonds is 5. The fourth-order valence-corrected chi connectivity index (χ4v) is 4.09. The van der Waals surface area contributed by atoms with Crippen LogP contribution in [-0.4, -0.2) is 10.2 Å². The van der Waals surface area contributed by atoms with Crippen molar-refractivity contribution in [1.29, 1.82) is 0 Å². The fraction of sp³-hybridized carbons (Fsp3) is 0.412. The van der Waals surface area contributed by atoms with Gasteiger partial charge in [0, 0.05) is 23.0 Å². The first kappa shape index (κ1) is 14.4. The third-order valence-corrected chi connectivity index (χ3v) is 5.29. The second-order valence-corrected chi connectivity index (χ2v) is 6.68. The number of nitrogens with one attached hydrogen (secondary N) is 1. The number of hydrogen-bond acceptors (Lipinski definition) is 4. The number of thiophene rings is 1. The summed E-state index contributed by atoms with van der Waals surface area (Å²) in [6.07, 6.45) is 5.15. The molecule has 1 aliphatic rings. The summed E-state index contributed by atoms with van der Waals surface area (Å²) in [6, 6.07) is 9.74. The van der Waals surface area contributed by atoms with E-state index in [0.717, 1.165) is 5.56 Å². The first-order valence-corrected chi connectivity index (χ1v) is 8.40. The Balaban J connectivity index is 1.74. The topological polar surface area (TPSA) is 52.5 Å². The van der Waals surface area contributed by atoms with Crippen molar-refractivity contribution in [1.82, 2.24) is 5.32 Å². The summed E-state index contributed by atoms with van der Waals surface area (Å²) in [4.78, 5) is 1.36. The SMILES string of the molecule is Oc1cccc(CNC(c2cccs2)C2CCCC2)c1O. The summed E-state index contributed by atoms with van der Waals surface area (Å²) in [5.74, 6) is 0.604. The highest BCUT2D eigenvalue weighted by molar-refractivity contribution is 7.10. The Labute approximate surface area is 129 Å². The van der Waals surface area contributed by atoms with E-state index in [-0.39, 0.29) is 11.5 Å². The van der Waals surface area contributed by atoms with Crippen molar-refractivity contribution in [3.63, 3.8) is 0 Å². The molecule has 1 unspecified atom stereocenters. The summed E-state index contributed by atoms with van der Waals surface area (Å²) in [5, 5.41) is 25.2. The molecule has 0 aliphatic heterocycles. The van der Waals surface area contributed by atoms with Crippen LogP contribution in [-0.2, 0) is 6.54 Å². The Morgan fingerprint density at radius 3 is 2.67 bits per heavy atom. The Morgan fingerprint density at radius 1 is 1.14 bits per heavy atom. The Bertz CT molecular complexity index is 576. The van der Waals surface area contributed by atoms with E-state index in [9.17, 15) is 10.2 Å². The van der Waals surface area contributed by atoms with Crippen LogP contribution in [0.2, 0.25) is 0 Å². The van der Waals surface area contributed by atoms with Crippen LogP contribution in [0.15, 0.2) is 35.7 Å². The first-order chi connectivity index (χ1) is 10.3. The molecule has 1 saturated carbocycles. The van der Waals surface area contributed by atoms with Gasteiger partial charge in [-0.1, -0.05) is 31.0 Å². The van der Waals surface area contributed by atoms with Crippen LogP contribution in [0.5, 0.6) is 11.5 Å². The van der Waals surface area contributed by atoms with Crippen molar-refractivity contribution in [3.05, 3.63) is 46.2 Å². The summed E-state index contributed by atoms with van der Waals surface area (Å²) >= 11 is 1.79. The minimum absolute atomic E-state index is 0.0126. The summed E-state index contributed by atoms with van der Waals surface area (Å²) in [7, 11) is 0. The van der Waals surface area contributed by atoms with E-state index in [4.69, 9.17) is 0 Å². The average Bonchev–Trinajstić information content (AvgIpc) is 3.17. The Kier molecular flexibility index (Phi) is 4.46. The average molecular weight is 303 g/mol. The van der Waals surface area contributed by atoms with Crippen molar-refractivity contribution < 1.29 is 10.2 Å². The number of phenolic OH excluding ortho intramolecular Hbond substituents is 2. The van der Waals surface area contributed by atoms with Crippen molar-refractivity contribution in [3.8, 4) is 11.5 Å². The number of phenols is 2. The highest BCUT2D eigenvalue weighted by atomic mass is 32.1. The molecular formula is C17H21NO2S. The van der Waals surface area contributed by atoms with Gasteiger partial charge in [0.25, 0.3) is 0 Å². The molecule has 3 rings (SSSR count). The molecule has 1 heterocycles. The molecule has 112 valence electrons. The maximum Gasteiger partial charge on any atom is 0.161 e. The molecule has 4 heteroatoms. The normalized spacial score (nSPS) is 17.1. The van der Waals surface area contributed by atoms with Gasteiger partial charge in [-0.25, -0.2) is 0 Å². The van der Waals surface area contributed by atoms with Gasteiger partial charge in [0.05, 0.1) is 0 Å². The van der Waals surface area contributed by atoms with Crippen LogP contribution in [0.3, 0.4) is 0 Å². The van der Waals surface area contributed by atoms with Crippen LogP contribution in [0, 0.1) is 5.92 Å². The number of para-hydroxylation sites is 1. The molecule has 21 heavy (non-hydrogen) atoms. The van der Waals surface area contributed by atoms with E-state index < -0.39 is 0 Å². The molecule has 1 fully saturated rings. The minimum Gasteiger partial charge on any atom is -0.504 e. The predicted octanol–water partition coefficient (Wildman–Crippen LogP) is 4.18. The van der Waals surface area contributed by atoms with Gasteiger partial charge in [-0.15, -0.1) is 11.3 Å². The van der Waals surface area contributed by atoms with Gasteiger partial charge in [-0.3, -0.25) is 0 Å². The van der Waals surface area contributed by atoms with Crippen LogP contribution in [0.1, 0.15) is 42.2 Å². The van der Waals surface area contributed by atoms with E-state index in [1.54, 1.807) is 17.4 Å².